The highest BCUT2D eigenvalue weighted by molar-refractivity contribution is 4.95. The molecule has 1 spiro atoms. The van der Waals surface area contributed by atoms with Crippen molar-refractivity contribution in [1.82, 2.24) is 10.2 Å². The Balaban J connectivity index is 1.52. The summed E-state index contributed by atoms with van der Waals surface area (Å²) in [4.78, 5) is 2.77. The Bertz CT molecular complexity index is 280. The Kier molecular flexibility index (Phi) is 4.45. The maximum absolute atomic E-state index is 6.17. The molecule has 1 aliphatic carbocycles. The number of likely N-dealkylation sites (tertiary alicyclic amines) is 1. The van der Waals surface area contributed by atoms with Crippen LogP contribution < -0.4 is 5.32 Å². The van der Waals surface area contributed by atoms with E-state index in [0.29, 0.717) is 0 Å². The molecule has 0 aromatic rings. The van der Waals surface area contributed by atoms with Gasteiger partial charge in [0, 0.05) is 12.6 Å². The smallest absolute Gasteiger partial charge is 0.0697 e. The van der Waals surface area contributed by atoms with Crippen LogP contribution in [0.1, 0.15) is 51.4 Å². The lowest BCUT2D eigenvalue weighted by Gasteiger charge is -2.45. The van der Waals surface area contributed by atoms with Gasteiger partial charge in [-0.3, -0.25) is 0 Å². The van der Waals surface area contributed by atoms with Crippen molar-refractivity contribution in [3.05, 3.63) is 0 Å². The average molecular weight is 266 g/mol. The number of piperidine rings is 1. The van der Waals surface area contributed by atoms with Crippen molar-refractivity contribution in [3.8, 4) is 0 Å². The van der Waals surface area contributed by atoms with Crippen molar-refractivity contribution >= 4 is 0 Å². The molecular formula is C16H30N2O. The van der Waals surface area contributed by atoms with Gasteiger partial charge in [-0.15, -0.1) is 0 Å². The van der Waals surface area contributed by atoms with Crippen LogP contribution in [0, 0.1) is 5.92 Å². The van der Waals surface area contributed by atoms with Crippen LogP contribution >= 0.6 is 0 Å². The van der Waals surface area contributed by atoms with Crippen LogP contribution in [0.15, 0.2) is 0 Å². The maximum Gasteiger partial charge on any atom is 0.0697 e. The average Bonchev–Trinajstić information content (AvgIpc) is 2.88. The van der Waals surface area contributed by atoms with Gasteiger partial charge in [-0.2, -0.15) is 0 Å². The molecule has 3 nitrogen and oxygen atoms in total. The Morgan fingerprint density at radius 3 is 2.58 bits per heavy atom. The topological polar surface area (TPSA) is 24.5 Å². The van der Waals surface area contributed by atoms with Crippen molar-refractivity contribution in [2.24, 2.45) is 5.92 Å². The highest BCUT2D eigenvalue weighted by Crippen LogP contribution is 2.41. The van der Waals surface area contributed by atoms with Crippen molar-refractivity contribution in [2.45, 2.75) is 63.0 Å². The van der Waals surface area contributed by atoms with Gasteiger partial charge in [0.25, 0.3) is 0 Å². The summed E-state index contributed by atoms with van der Waals surface area (Å²) in [6.45, 7) is 4.83. The summed E-state index contributed by atoms with van der Waals surface area (Å²) in [5, 5.41) is 3.33. The third-order valence-corrected chi connectivity index (χ3v) is 5.64. The largest absolute Gasteiger partial charge is 0.375 e. The van der Waals surface area contributed by atoms with E-state index in [1.807, 2.05) is 0 Å². The highest BCUT2D eigenvalue weighted by Gasteiger charge is 2.41. The normalized spacial score (nSPS) is 33.0. The fourth-order valence-corrected chi connectivity index (χ4v) is 4.49. The summed E-state index contributed by atoms with van der Waals surface area (Å²) in [7, 11) is 2.08. The summed E-state index contributed by atoms with van der Waals surface area (Å²) in [6.07, 6.45) is 10.7. The molecule has 0 radical (unpaired) electrons. The number of hydrogen-bond acceptors (Lipinski definition) is 3. The predicted octanol–water partition coefficient (Wildman–Crippen LogP) is 2.41. The zero-order valence-electron chi connectivity index (χ0n) is 12.5. The molecule has 3 aliphatic rings. The second-order valence-electron chi connectivity index (χ2n) is 6.92. The van der Waals surface area contributed by atoms with Gasteiger partial charge in [-0.25, -0.2) is 0 Å². The van der Waals surface area contributed by atoms with Crippen LogP contribution in [-0.4, -0.2) is 49.8 Å². The molecule has 2 aliphatic heterocycles. The molecule has 0 aromatic heterocycles. The first kappa shape index (κ1) is 13.8. The van der Waals surface area contributed by atoms with E-state index in [1.165, 1.54) is 71.0 Å². The second kappa shape index (κ2) is 6.11. The summed E-state index contributed by atoms with van der Waals surface area (Å²) < 4.78 is 6.17. The molecule has 3 fully saturated rings. The van der Waals surface area contributed by atoms with Crippen LogP contribution in [0.3, 0.4) is 0 Å². The fraction of sp³-hybridized carbons (Fsp3) is 1.00. The molecule has 2 heterocycles. The van der Waals surface area contributed by atoms with Gasteiger partial charge in [0.2, 0.25) is 0 Å². The lowest BCUT2D eigenvalue weighted by molar-refractivity contribution is -0.104. The Morgan fingerprint density at radius 1 is 1.16 bits per heavy atom. The van der Waals surface area contributed by atoms with E-state index in [-0.39, 0.29) is 5.60 Å². The van der Waals surface area contributed by atoms with Gasteiger partial charge in [-0.1, -0.05) is 12.8 Å². The van der Waals surface area contributed by atoms with Crippen LogP contribution in [0.5, 0.6) is 0 Å². The van der Waals surface area contributed by atoms with Crippen LogP contribution in [-0.2, 0) is 4.74 Å². The zero-order chi connectivity index (χ0) is 13.1. The molecule has 2 saturated heterocycles. The predicted molar refractivity (Wildman–Crippen MR) is 78.4 cm³/mol. The maximum atomic E-state index is 6.17. The molecule has 0 bridgehead atoms. The molecule has 110 valence electrons. The minimum Gasteiger partial charge on any atom is -0.375 e. The minimum absolute atomic E-state index is 0.282. The van der Waals surface area contributed by atoms with Crippen LogP contribution in [0.25, 0.3) is 0 Å². The first-order chi connectivity index (χ1) is 9.31. The van der Waals surface area contributed by atoms with Crippen molar-refractivity contribution in [1.29, 1.82) is 0 Å². The number of nitrogens with one attached hydrogen (secondary N) is 1. The van der Waals surface area contributed by atoms with Crippen molar-refractivity contribution in [3.63, 3.8) is 0 Å². The molecule has 1 unspecified atom stereocenters. The van der Waals surface area contributed by atoms with E-state index >= 15 is 0 Å². The quantitative estimate of drug-likeness (QED) is 0.849. The van der Waals surface area contributed by atoms with Gasteiger partial charge in [0.05, 0.1) is 5.60 Å². The fourth-order valence-electron chi connectivity index (χ4n) is 4.49. The molecule has 0 aromatic carbocycles. The van der Waals surface area contributed by atoms with Gasteiger partial charge in [-0.05, 0) is 71.1 Å². The van der Waals surface area contributed by atoms with Gasteiger partial charge in [0.1, 0.15) is 0 Å². The minimum atomic E-state index is 0.282. The number of hydrogen-bond donors (Lipinski definition) is 1. The SMILES string of the molecule is CNCC1CCN(C2CCOC3(CCCC3)C2)CC1. The molecule has 19 heavy (non-hydrogen) atoms. The van der Waals surface area contributed by atoms with E-state index in [9.17, 15) is 0 Å². The summed E-state index contributed by atoms with van der Waals surface area (Å²) in [5.41, 5.74) is 0.282. The highest BCUT2D eigenvalue weighted by atomic mass is 16.5. The standard InChI is InChI=1S/C16H30N2O/c1-17-13-14-4-9-18(10-5-14)15-6-11-19-16(12-15)7-2-3-8-16/h14-15,17H,2-13H2,1H3. The zero-order valence-corrected chi connectivity index (χ0v) is 12.5. The van der Waals surface area contributed by atoms with E-state index in [0.717, 1.165) is 18.6 Å². The number of ether oxygens (including phenoxy) is 1. The molecule has 3 rings (SSSR count). The number of rotatable bonds is 3. The lowest BCUT2D eigenvalue weighted by Crippen LogP contribution is -2.50. The van der Waals surface area contributed by atoms with E-state index in [4.69, 9.17) is 4.74 Å². The van der Waals surface area contributed by atoms with Crippen LogP contribution in [0.2, 0.25) is 0 Å². The molecule has 1 saturated carbocycles. The van der Waals surface area contributed by atoms with Crippen molar-refractivity contribution in [2.75, 3.05) is 33.3 Å². The Labute approximate surface area is 118 Å². The Morgan fingerprint density at radius 2 is 1.89 bits per heavy atom. The van der Waals surface area contributed by atoms with Gasteiger partial charge >= 0.3 is 0 Å². The first-order valence-corrected chi connectivity index (χ1v) is 8.34. The van der Waals surface area contributed by atoms with E-state index < -0.39 is 0 Å². The third-order valence-electron chi connectivity index (χ3n) is 5.64. The monoisotopic (exact) mass is 266 g/mol. The third kappa shape index (κ3) is 3.14. The Hall–Kier alpha value is -0.120. The summed E-state index contributed by atoms with van der Waals surface area (Å²) >= 11 is 0. The van der Waals surface area contributed by atoms with Gasteiger partial charge < -0.3 is 15.0 Å². The summed E-state index contributed by atoms with van der Waals surface area (Å²) in [5.74, 6) is 0.904. The molecule has 0 amide bonds. The van der Waals surface area contributed by atoms with Crippen LogP contribution in [0.4, 0.5) is 0 Å². The van der Waals surface area contributed by atoms with E-state index in [1.54, 1.807) is 0 Å². The molecule has 1 N–H and O–H groups in total. The lowest BCUT2D eigenvalue weighted by atomic mass is 9.86. The molecule has 3 heteroatoms. The van der Waals surface area contributed by atoms with Gasteiger partial charge in [0.15, 0.2) is 0 Å². The molecular weight excluding hydrogens is 236 g/mol. The van der Waals surface area contributed by atoms with Crippen molar-refractivity contribution < 1.29 is 4.74 Å². The van der Waals surface area contributed by atoms with E-state index in [2.05, 4.69) is 17.3 Å². The number of nitrogens with zero attached hydrogens (tertiary/aromatic N) is 1. The molecule has 1 atom stereocenters. The summed E-state index contributed by atoms with van der Waals surface area (Å²) in [6, 6.07) is 0.808. The second-order valence-corrected chi connectivity index (χ2v) is 6.92. The first-order valence-electron chi connectivity index (χ1n) is 8.34.